The Morgan fingerprint density at radius 3 is 1.83 bits per heavy atom. The summed E-state index contributed by atoms with van der Waals surface area (Å²) in [4.78, 5) is 0. The molecule has 1 radical (unpaired) electrons. The summed E-state index contributed by atoms with van der Waals surface area (Å²) < 4.78 is 0. The molecular formula is C4H11ClN. The first-order valence-electron chi connectivity index (χ1n) is 1.98. The van der Waals surface area contributed by atoms with Gasteiger partial charge in [0.25, 0.3) is 0 Å². The van der Waals surface area contributed by atoms with Gasteiger partial charge in [0, 0.05) is 6.04 Å². The molecule has 0 rings (SSSR count). The molecule has 0 saturated heterocycles. The summed E-state index contributed by atoms with van der Waals surface area (Å²) in [5.41, 5.74) is 6.83. The van der Waals surface area contributed by atoms with Gasteiger partial charge in [0.15, 0.2) is 0 Å². The smallest absolute Gasteiger partial charge is 0.0182 e. The van der Waals surface area contributed by atoms with Gasteiger partial charge in [0.1, 0.15) is 0 Å². The highest BCUT2D eigenvalue weighted by atomic mass is 35.5. The van der Waals surface area contributed by atoms with Crippen molar-refractivity contribution in [3.63, 3.8) is 0 Å². The molecule has 0 aromatic heterocycles. The van der Waals surface area contributed by atoms with E-state index in [1.54, 1.807) is 0 Å². The highest BCUT2D eigenvalue weighted by Gasteiger charge is 1.81. The van der Waals surface area contributed by atoms with Crippen molar-refractivity contribution in [1.29, 1.82) is 0 Å². The molecule has 0 aliphatic carbocycles. The van der Waals surface area contributed by atoms with Crippen molar-refractivity contribution >= 4 is 12.4 Å². The zero-order valence-corrected chi connectivity index (χ0v) is 5.01. The van der Waals surface area contributed by atoms with Crippen LogP contribution in [0, 0.1) is 0 Å². The Balaban J connectivity index is 0. The maximum atomic E-state index is 6.83. The summed E-state index contributed by atoms with van der Waals surface area (Å²) in [7, 11) is 0. The average Bonchev–Trinajstić information content (AvgIpc) is 1.38. The third-order valence-electron chi connectivity index (χ3n) is 0.612. The summed E-state index contributed by atoms with van der Waals surface area (Å²) in [5.74, 6) is 0. The molecule has 1 N–H and O–H groups in total. The SMILES string of the molecule is CCC(C)[NH].Cl. The monoisotopic (exact) mass is 108 g/mol. The minimum Gasteiger partial charge on any atom is -0.255 e. The fourth-order valence-corrected chi connectivity index (χ4v) is 0. The number of hydrogen-bond acceptors (Lipinski definition) is 0. The van der Waals surface area contributed by atoms with Gasteiger partial charge in [-0.1, -0.05) is 6.92 Å². The molecule has 0 aliphatic heterocycles. The molecule has 0 bridgehead atoms. The molecule has 1 unspecified atom stereocenters. The Morgan fingerprint density at radius 1 is 1.67 bits per heavy atom. The topological polar surface area (TPSA) is 23.8 Å². The molecule has 1 atom stereocenters. The van der Waals surface area contributed by atoms with Crippen LogP contribution in [0.25, 0.3) is 0 Å². The first kappa shape index (κ1) is 9.54. The largest absolute Gasteiger partial charge is 0.255 e. The molecule has 0 aromatic carbocycles. The second-order valence-corrected chi connectivity index (χ2v) is 1.31. The van der Waals surface area contributed by atoms with Gasteiger partial charge in [0.2, 0.25) is 0 Å². The van der Waals surface area contributed by atoms with Gasteiger partial charge < -0.3 is 0 Å². The summed E-state index contributed by atoms with van der Waals surface area (Å²) >= 11 is 0. The van der Waals surface area contributed by atoms with Gasteiger partial charge in [-0.2, -0.15) is 0 Å². The summed E-state index contributed by atoms with van der Waals surface area (Å²) in [6.07, 6.45) is 0.972. The van der Waals surface area contributed by atoms with E-state index in [1.165, 1.54) is 0 Å². The van der Waals surface area contributed by atoms with Gasteiger partial charge in [-0.15, -0.1) is 12.4 Å². The lowest BCUT2D eigenvalue weighted by molar-refractivity contribution is 0.693. The van der Waals surface area contributed by atoms with Crippen molar-refractivity contribution in [3.05, 3.63) is 0 Å². The number of nitrogens with one attached hydrogen (secondary N) is 1. The third kappa shape index (κ3) is 8.87. The van der Waals surface area contributed by atoms with Crippen LogP contribution in [0.4, 0.5) is 0 Å². The molecule has 0 aliphatic rings. The fraction of sp³-hybridized carbons (Fsp3) is 1.00. The van der Waals surface area contributed by atoms with E-state index in [1.807, 2.05) is 13.8 Å². The van der Waals surface area contributed by atoms with E-state index >= 15 is 0 Å². The van der Waals surface area contributed by atoms with Crippen LogP contribution < -0.4 is 5.73 Å². The van der Waals surface area contributed by atoms with Gasteiger partial charge in [-0.3, -0.25) is 5.73 Å². The third-order valence-corrected chi connectivity index (χ3v) is 0.612. The average molecular weight is 109 g/mol. The standard InChI is InChI=1S/C4H10N.ClH/c1-3-4(2)5;/h4-5H,3H2,1-2H3;1H. The van der Waals surface area contributed by atoms with Crippen molar-refractivity contribution in [1.82, 2.24) is 5.73 Å². The van der Waals surface area contributed by atoms with Crippen molar-refractivity contribution < 1.29 is 0 Å². The summed E-state index contributed by atoms with van der Waals surface area (Å²) in [6, 6.07) is 0.134. The molecule has 2 heteroatoms. The Hall–Kier alpha value is 0.250. The Kier molecular flexibility index (Phi) is 8.35. The van der Waals surface area contributed by atoms with E-state index in [0.717, 1.165) is 6.42 Å². The highest BCUT2D eigenvalue weighted by molar-refractivity contribution is 5.85. The molecule has 6 heavy (non-hydrogen) atoms. The molecule has 1 nitrogen and oxygen atoms in total. The lowest BCUT2D eigenvalue weighted by Gasteiger charge is -1.89. The van der Waals surface area contributed by atoms with Crippen molar-refractivity contribution in [2.75, 3.05) is 0 Å². The molecular weight excluding hydrogens is 97.5 g/mol. The molecule has 0 aromatic rings. The van der Waals surface area contributed by atoms with Crippen molar-refractivity contribution in [2.45, 2.75) is 26.3 Å². The van der Waals surface area contributed by atoms with Gasteiger partial charge in [-0.25, -0.2) is 0 Å². The number of halogens is 1. The predicted octanol–water partition coefficient (Wildman–Crippen LogP) is 1.49. The lowest BCUT2D eigenvalue weighted by Crippen LogP contribution is -1.96. The second kappa shape index (κ2) is 5.25. The van der Waals surface area contributed by atoms with E-state index in [0.29, 0.717) is 0 Å². The summed E-state index contributed by atoms with van der Waals surface area (Å²) in [6.45, 7) is 3.90. The Morgan fingerprint density at radius 2 is 1.83 bits per heavy atom. The number of hydrogen-bond donors (Lipinski definition) is 0. The van der Waals surface area contributed by atoms with Crippen LogP contribution in [0.2, 0.25) is 0 Å². The molecule has 0 saturated carbocycles. The van der Waals surface area contributed by atoms with Crippen LogP contribution in [0.15, 0.2) is 0 Å². The van der Waals surface area contributed by atoms with E-state index < -0.39 is 0 Å². The van der Waals surface area contributed by atoms with E-state index in [4.69, 9.17) is 5.73 Å². The van der Waals surface area contributed by atoms with Gasteiger partial charge in [0.05, 0.1) is 0 Å². The second-order valence-electron chi connectivity index (χ2n) is 1.31. The van der Waals surface area contributed by atoms with Crippen LogP contribution in [-0.2, 0) is 0 Å². The minimum absolute atomic E-state index is 0. The predicted molar refractivity (Wildman–Crippen MR) is 30.1 cm³/mol. The summed E-state index contributed by atoms with van der Waals surface area (Å²) in [5, 5.41) is 0. The van der Waals surface area contributed by atoms with E-state index in [-0.39, 0.29) is 18.4 Å². The van der Waals surface area contributed by atoms with Gasteiger partial charge >= 0.3 is 0 Å². The van der Waals surface area contributed by atoms with E-state index in [2.05, 4.69) is 0 Å². The first-order chi connectivity index (χ1) is 2.27. The maximum Gasteiger partial charge on any atom is 0.0182 e. The quantitative estimate of drug-likeness (QED) is 0.486. The number of rotatable bonds is 1. The maximum absolute atomic E-state index is 6.83. The fourth-order valence-electron chi connectivity index (χ4n) is 0. The minimum atomic E-state index is 0. The van der Waals surface area contributed by atoms with Crippen LogP contribution >= 0.6 is 12.4 Å². The van der Waals surface area contributed by atoms with Crippen LogP contribution in [0.5, 0.6) is 0 Å². The highest BCUT2D eigenvalue weighted by Crippen LogP contribution is 1.80. The zero-order valence-electron chi connectivity index (χ0n) is 4.19. The molecule has 0 spiro atoms. The van der Waals surface area contributed by atoms with Crippen molar-refractivity contribution in [3.8, 4) is 0 Å². The van der Waals surface area contributed by atoms with Crippen molar-refractivity contribution in [2.24, 2.45) is 0 Å². The molecule has 0 amide bonds. The molecule has 0 heterocycles. The molecule has 0 fully saturated rings. The first-order valence-corrected chi connectivity index (χ1v) is 1.98. The van der Waals surface area contributed by atoms with Crippen LogP contribution in [0.3, 0.4) is 0 Å². The zero-order chi connectivity index (χ0) is 4.28. The molecule has 39 valence electrons. The van der Waals surface area contributed by atoms with E-state index in [9.17, 15) is 0 Å². The van der Waals surface area contributed by atoms with Crippen LogP contribution in [-0.4, -0.2) is 6.04 Å². The van der Waals surface area contributed by atoms with Gasteiger partial charge in [-0.05, 0) is 13.3 Å². The Bertz CT molecular complexity index is 21.5. The normalized spacial score (nSPS) is 12.5. The van der Waals surface area contributed by atoms with Crippen LogP contribution in [0.1, 0.15) is 20.3 Å². The Labute approximate surface area is 45.3 Å². The lowest BCUT2D eigenvalue weighted by atomic mass is 10.3.